The van der Waals surface area contributed by atoms with Crippen molar-refractivity contribution in [3.8, 4) is 11.8 Å². The van der Waals surface area contributed by atoms with Crippen molar-refractivity contribution in [2.75, 3.05) is 0 Å². The molecule has 52 valence electrons. The van der Waals surface area contributed by atoms with Crippen LogP contribution in [-0.2, 0) is 32.0 Å². The Morgan fingerprint density at radius 1 is 1.33 bits per heavy atom. The van der Waals surface area contributed by atoms with E-state index in [1.54, 1.807) is 0 Å². The summed E-state index contributed by atoms with van der Waals surface area (Å²) in [5.41, 5.74) is 0. The maximum Gasteiger partial charge on any atom is 1.00 e. The fourth-order valence-electron chi connectivity index (χ4n) is 0.104. The number of rotatable bonds is 0. The Morgan fingerprint density at radius 2 is 1.78 bits per heavy atom. The molecule has 0 aliphatic rings. The van der Waals surface area contributed by atoms with Gasteiger partial charge >= 0.3 is 28.3 Å². The van der Waals surface area contributed by atoms with Gasteiger partial charge < -0.3 is 15.0 Å². The van der Waals surface area contributed by atoms with Crippen molar-refractivity contribution < 1.29 is 42.2 Å². The molecule has 0 aromatic carbocycles. The van der Waals surface area contributed by atoms with Crippen LogP contribution in [0, 0.1) is 11.8 Å². The van der Waals surface area contributed by atoms with Crippen LogP contribution >= 0.6 is 0 Å². The number of carbonyl (C=O) groups is 2. The number of aliphatic carboxylic acids is 2. The summed E-state index contributed by atoms with van der Waals surface area (Å²) in [5.74, 6) is -0.515. The minimum Gasteiger partial charge on any atom is -0.537 e. The molecule has 0 spiro atoms. The largest absolute Gasteiger partial charge is 1.00 e. The van der Waals surface area contributed by atoms with Gasteiger partial charge in [-0.2, -0.15) is 0 Å². The molecule has 0 saturated carbocycles. The van der Waals surface area contributed by atoms with Crippen LogP contribution in [0.25, 0.3) is 0 Å². The number of hydrogen-bond donors (Lipinski definition) is 1. The summed E-state index contributed by atoms with van der Waals surface area (Å²) in [6.07, 6.45) is 0. The number of carboxylic acid groups (broad SMARTS) is 2. The van der Waals surface area contributed by atoms with Gasteiger partial charge in [0.15, 0.2) is 0 Å². The Bertz CT molecular complexity index is 157. The molecule has 0 bridgehead atoms. The van der Waals surface area contributed by atoms with Crippen LogP contribution < -0.4 is 5.11 Å². The van der Waals surface area contributed by atoms with Gasteiger partial charge in [0.05, 0.1) is 0 Å². The third-order valence-electron chi connectivity index (χ3n) is 0.271. The minimum atomic E-state index is -1.69. The summed E-state index contributed by atoms with van der Waals surface area (Å²) in [5, 5.41) is 17.1. The van der Waals surface area contributed by atoms with Crippen LogP contribution in [-0.4, -0.2) is 17.0 Å². The second-order valence-corrected chi connectivity index (χ2v) is 0.843. The first-order valence-corrected chi connectivity index (χ1v) is 1.59. The van der Waals surface area contributed by atoms with Crippen LogP contribution in [0.5, 0.6) is 0 Å². The van der Waals surface area contributed by atoms with E-state index in [1.807, 2.05) is 0 Å². The monoisotopic (exact) mass is 220 g/mol. The molecular formula is C4HAgO4. The zero-order chi connectivity index (χ0) is 6.57. The summed E-state index contributed by atoms with van der Waals surface area (Å²) in [6.45, 7) is 0. The second-order valence-electron chi connectivity index (χ2n) is 0.843. The van der Waals surface area contributed by atoms with Crippen molar-refractivity contribution in [2.45, 2.75) is 0 Å². The van der Waals surface area contributed by atoms with Crippen LogP contribution in [0.2, 0.25) is 0 Å². The Kier molecular flexibility index (Phi) is 6.63. The third-order valence-corrected chi connectivity index (χ3v) is 0.271. The average molecular weight is 221 g/mol. The molecule has 0 fully saturated rings. The predicted octanol–water partition coefficient (Wildman–Crippen LogP) is -2.18. The predicted molar refractivity (Wildman–Crippen MR) is 20.4 cm³/mol. The Balaban J connectivity index is 0. The number of carboxylic acids is 2. The molecule has 4 nitrogen and oxygen atoms in total. The topological polar surface area (TPSA) is 77.4 Å². The van der Waals surface area contributed by atoms with Gasteiger partial charge in [-0.15, -0.1) is 0 Å². The molecule has 0 aromatic heterocycles. The van der Waals surface area contributed by atoms with Crippen molar-refractivity contribution in [2.24, 2.45) is 0 Å². The molecule has 0 aliphatic carbocycles. The normalized spacial score (nSPS) is 5.78. The summed E-state index contributed by atoms with van der Waals surface area (Å²) < 4.78 is 0. The molecular weight excluding hydrogens is 220 g/mol. The van der Waals surface area contributed by atoms with Crippen LogP contribution in [0.1, 0.15) is 0 Å². The van der Waals surface area contributed by atoms with Crippen LogP contribution in [0.4, 0.5) is 0 Å². The fourth-order valence-corrected chi connectivity index (χ4v) is 0.104. The van der Waals surface area contributed by atoms with Gasteiger partial charge in [0.1, 0.15) is 5.97 Å². The van der Waals surface area contributed by atoms with Gasteiger partial charge in [0, 0.05) is 5.92 Å². The summed E-state index contributed by atoms with van der Waals surface area (Å²) in [6, 6.07) is 0. The molecule has 5 heteroatoms. The van der Waals surface area contributed by atoms with Crippen molar-refractivity contribution >= 4 is 11.9 Å². The maximum atomic E-state index is 9.44. The Morgan fingerprint density at radius 3 is 1.89 bits per heavy atom. The Hall–Kier alpha value is -0.760. The van der Waals surface area contributed by atoms with Crippen LogP contribution in [0.3, 0.4) is 0 Å². The van der Waals surface area contributed by atoms with E-state index >= 15 is 0 Å². The molecule has 0 aromatic rings. The van der Waals surface area contributed by atoms with E-state index in [-0.39, 0.29) is 22.4 Å². The fraction of sp³-hybridized carbons (Fsp3) is 0. The van der Waals surface area contributed by atoms with Gasteiger partial charge in [-0.1, -0.05) is 0 Å². The van der Waals surface area contributed by atoms with E-state index in [9.17, 15) is 14.7 Å². The summed E-state index contributed by atoms with van der Waals surface area (Å²) in [7, 11) is 0. The summed E-state index contributed by atoms with van der Waals surface area (Å²) >= 11 is 0. The van der Waals surface area contributed by atoms with Crippen molar-refractivity contribution in [3.63, 3.8) is 0 Å². The first-order valence-electron chi connectivity index (χ1n) is 1.59. The van der Waals surface area contributed by atoms with Gasteiger partial charge in [0.25, 0.3) is 0 Å². The third kappa shape index (κ3) is 11.1. The van der Waals surface area contributed by atoms with Gasteiger partial charge in [-0.25, -0.2) is 4.79 Å². The molecule has 0 radical (unpaired) electrons. The van der Waals surface area contributed by atoms with E-state index in [2.05, 4.69) is 0 Å². The molecule has 1 N–H and O–H groups in total. The van der Waals surface area contributed by atoms with E-state index in [0.717, 1.165) is 0 Å². The smallest absolute Gasteiger partial charge is 0.537 e. The van der Waals surface area contributed by atoms with E-state index in [1.165, 1.54) is 11.8 Å². The molecule has 0 heterocycles. The minimum absolute atomic E-state index is 0. The first kappa shape index (κ1) is 11.1. The van der Waals surface area contributed by atoms with E-state index in [4.69, 9.17) is 5.11 Å². The maximum absolute atomic E-state index is 9.44. The summed E-state index contributed by atoms with van der Waals surface area (Å²) in [4.78, 5) is 18.8. The van der Waals surface area contributed by atoms with Crippen LogP contribution in [0.15, 0.2) is 0 Å². The molecule has 0 unspecified atom stereocenters. The number of carbonyl (C=O) groups excluding carboxylic acids is 1. The SMILES string of the molecule is O=C([O-])C#CC(=O)O.[Ag+]. The van der Waals surface area contributed by atoms with Crippen molar-refractivity contribution in [3.05, 3.63) is 0 Å². The van der Waals surface area contributed by atoms with Gasteiger partial charge in [0.2, 0.25) is 0 Å². The second kappa shape index (κ2) is 5.38. The van der Waals surface area contributed by atoms with E-state index in [0.29, 0.717) is 0 Å². The molecule has 0 atom stereocenters. The van der Waals surface area contributed by atoms with Gasteiger partial charge in [-0.3, -0.25) is 0 Å². The zero-order valence-electron chi connectivity index (χ0n) is 3.97. The van der Waals surface area contributed by atoms with Crippen molar-refractivity contribution in [1.82, 2.24) is 0 Å². The standard InChI is InChI=1S/C4H2O4.Ag/c5-3(6)1-2-4(7)8;/h(H,5,6)(H,7,8);/q;+1/p-1. The van der Waals surface area contributed by atoms with Crippen molar-refractivity contribution in [1.29, 1.82) is 0 Å². The number of hydrogen-bond acceptors (Lipinski definition) is 3. The molecule has 0 rings (SSSR count). The average Bonchev–Trinajstić information content (AvgIpc) is 1.61. The zero-order valence-corrected chi connectivity index (χ0v) is 5.46. The molecule has 0 amide bonds. The van der Waals surface area contributed by atoms with E-state index < -0.39 is 11.9 Å². The molecule has 0 saturated heterocycles. The molecule has 9 heavy (non-hydrogen) atoms. The molecule has 0 aliphatic heterocycles. The quantitative estimate of drug-likeness (QED) is 0.372. The Labute approximate surface area is 66.4 Å². The first-order chi connectivity index (χ1) is 3.63. The van der Waals surface area contributed by atoms with Gasteiger partial charge in [-0.05, 0) is 5.92 Å².